The Morgan fingerprint density at radius 1 is 1.54 bits per heavy atom. The van der Waals surface area contributed by atoms with Crippen molar-refractivity contribution in [1.29, 1.82) is 0 Å². The largest absolute Gasteiger partial charge is 0.480 e. The summed E-state index contributed by atoms with van der Waals surface area (Å²) in [6, 6.07) is 0.426. The van der Waals surface area contributed by atoms with Crippen LogP contribution < -0.4 is 5.73 Å². The smallest absolute Gasteiger partial charge is 0.325 e. The summed E-state index contributed by atoms with van der Waals surface area (Å²) >= 11 is 0. The first-order valence-corrected chi connectivity index (χ1v) is 4.88. The summed E-state index contributed by atoms with van der Waals surface area (Å²) in [6.07, 6.45) is 4.15. The van der Waals surface area contributed by atoms with Crippen LogP contribution in [-0.2, 0) is 4.79 Å². The lowest BCUT2D eigenvalue weighted by molar-refractivity contribution is -0.142. The van der Waals surface area contributed by atoms with Crippen LogP contribution in [0.3, 0.4) is 0 Å². The van der Waals surface area contributed by atoms with Gasteiger partial charge in [0.2, 0.25) is 0 Å². The molecule has 0 spiro atoms. The fourth-order valence-electron chi connectivity index (χ4n) is 2.50. The van der Waals surface area contributed by atoms with Gasteiger partial charge in [0.1, 0.15) is 5.54 Å². The van der Waals surface area contributed by atoms with E-state index in [9.17, 15) is 4.79 Å². The van der Waals surface area contributed by atoms with Crippen LogP contribution in [0.4, 0.5) is 0 Å². The topological polar surface area (TPSA) is 66.6 Å². The number of carbonyl (C=O) groups is 1. The predicted octanol–water partition coefficient (Wildman–Crippen LogP) is 0.0267. The Balaban J connectivity index is 2.10. The van der Waals surface area contributed by atoms with E-state index in [-0.39, 0.29) is 0 Å². The zero-order valence-corrected chi connectivity index (χ0v) is 7.70. The highest BCUT2D eigenvalue weighted by atomic mass is 16.4. The van der Waals surface area contributed by atoms with Crippen molar-refractivity contribution in [2.75, 3.05) is 13.1 Å². The summed E-state index contributed by atoms with van der Waals surface area (Å²) in [7, 11) is 0. The first-order valence-electron chi connectivity index (χ1n) is 4.88. The number of aliphatic carboxylic acids is 1. The maximum Gasteiger partial charge on any atom is 0.325 e. The second-order valence-electron chi connectivity index (χ2n) is 4.29. The molecule has 4 nitrogen and oxygen atoms in total. The van der Waals surface area contributed by atoms with Crippen LogP contribution in [0.25, 0.3) is 0 Å². The highest BCUT2D eigenvalue weighted by Gasteiger charge is 2.46. The third-order valence-corrected chi connectivity index (χ3v) is 3.26. The molecule has 74 valence electrons. The molecule has 0 aromatic rings. The number of fused-ring (bicyclic) bond motifs is 1. The van der Waals surface area contributed by atoms with E-state index in [2.05, 4.69) is 4.90 Å². The maximum atomic E-state index is 10.9. The molecule has 2 saturated heterocycles. The molecule has 0 bridgehead atoms. The number of hydrogen-bond donors (Lipinski definition) is 2. The predicted molar refractivity (Wildman–Crippen MR) is 48.4 cm³/mol. The van der Waals surface area contributed by atoms with Gasteiger partial charge in [0.25, 0.3) is 0 Å². The number of piperidine rings is 1. The van der Waals surface area contributed by atoms with E-state index in [1.165, 1.54) is 12.8 Å². The summed E-state index contributed by atoms with van der Waals surface area (Å²) in [5.41, 5.74) is 4.84. The fourth-order valence-corrected chi connectivity index (χ4v) is 2.50. The Kier molecular flexibility index (Phi) is 2.04. The van der Waals surface area contributed by atoms with Gasteiger partial charge in [-0.05, 0) is 25.8 Å². The molecule has 13 heavy (non-hydrogen) atoms. The fraction of sp³-hybridized carbons (Fsp3) is 0.889. The first kappa shape index (κ1) is 8.97. The minimum atomic E-state index is -0.977. The van der Waals surface area contributed by atoms with Gasteiger partial charge in [-0.15, -0.1) is 0 Å². The van der Waals surface area contributed by atoms with E-state index in [4.69, 9.17) is 10.8 Å². The Hall–Kier alpha value is -0.610. The molecule has 2 heterocycles. The highest BCUT2D eigenvalue weighted by molar-refractivity contribution is 5.79. The van der Waals surface area contributed by atoms with Crippen molar-refractivity contribution in [2.24, 2.45) is 5.73 Å². The van der Waals surface area contributed by atoms with E-state index >= 15 is 0 Å². The average Bonchev–Trinajstić information content (AvgIpc) is 2.42. The van der Waals surface area contributed by atoms with Crippen molar-refractivity contribution in [3.63, 3.8) is 0 Å². The van der Waals surface area contributed by atoms with Gasteiger partial charge in [0.05, 0.1) is 0 Å². The van der Waals surface area contributed by atoms with Gasteiger partial charge in [0.15, 0.2) is 0 Å². The second-order valence-corrected chi connectivity index (χ2v) is 4.29. The van der Waals surface area contributed by atoms with Crippen molar-refractivity contribution in [3.05, 3.63) is 0 Å². The van der Waals surface area contributed by atoms with Crippen molar-refractivity contribution in [2.45, 2.75) is 37.3 Å². The molecule has 2 aliphatic rings. The van der Waals surface area contributed by atoms with Gasteiger partial charge < -0.3 is 10.8 Å². The molecule has 2 fully saturated rings. The van der Waals surface area contributed by atoms with Crippen molar-refractivity contribution in [1.82, 2.24) is 4.90 Å². The number of rotatable bonds is 1. The third-order valence-electron chi connectivity index (χ3n) is 3.26. The molecule has 0 aliphatic carbocycles. The number of nitrogens with zero attached hydrogens (tertiary/aromatic N) is 1. The Bertz CT molecular complexity index is 216. The van der Waals surface area contributed by atoms with Crippen molar-refractivity contribution >= 4 is 5.97 Å². The molecule has 2 aliphatic heterocycles. The molecule has 0 amide bonds. The SMILES string of the molecule is NC1(C(=O)O)CC2CCCCN2C1. The van der Waals surface area contributed by atoms with Crippen LogP contribution in [0, 0.1) is 0 Å². The van der Waals surface area contributed by atoms with Gasteiger partial charge >= 0.3 is 5.97 Å². The quantitative estimate of drug-likeness (QED) is 0.603. The maximum absolute atomic E-state index is 10.9. The first-order chi connectivity index (χ1) is 6.12. The van der Waals surface area contributed by atoms with Gasteiger partial charge in [-0.2, -0.15) is 0 Å². The lowest BCUT2D eigenvalue weighted by atomic mass is 9.95. The molecule has 4 heteroatoms. The highest BCUT2D eigenvalue weighted by Crippen LogP contribution is 2.31. The number of carboxylic acids is 1. The average molecular weight is 184 g/mol. The number of carboxylic acid groups (broad SMARTS) is 1. The van der Waals surface area contributed by atoms with E-state index in [1.807, 2.05) is 0 Å². The molecular formula is C9H16N2O2. The van der Waals surface area contributed by atoms with Crippen LogP contribution in [-0.4, -0.2) is 40.6 Å². The van der Waals surface area contributed by atoms with Crippen LogP contribution in [0.5, 0.6) is 0 Å². The van der Waals surface area contributed by atoms with Gasteiger partial charge in [-0.3, -0.25) is 9.69 Å². The zero-order valence-electron chi connectivity index (χ0n) is 7.70. The van der Waals surface area contributed by atoms with Crippen LogP contribution in [0.15, 0.2) is 0 Å². The number of nitrogens with two attached hydrogens (primary N) is 1. The lowest BCUT2D eigenvalue weighted by Crippen LogP contribution is -2.50. The molecule has 2 unspecified atom stereocenters. The van der Waals surface area contributed by atoms with Gasteiger partial charge in [-0.1, -0.05) is 6.42 Å². The standard InChI is InChI=1S/C9H16N2O2/c10-9(8(12)13)5-7-3-1-2-4-11(7)6-9/h7H,1-6,10H2,(H,12,13). The molecule has 0 saturated carbocycles. The monoisotopic (exact) mass is 184 g/mol. The van der Waals surface area contributed by atoms with Crippen LogP contribution >= 0.6 is 0 Å². The lowest BCUT2D eigenvalue weighted by Gasteiger charge is -2.28. The number of hydrogen-bond acceptors (Lipinski definition) is 3. The van der Waals surface area contributed by atoms with Crippen molar-refractivity contribution < 1.29 is 9.90 Å². The molecule has 3 N–H and O–H groups in total. The molecule has 0 aromatic heterocycles. The van der Waals surface area contributed by atoms with Gasteiger partial charge in [0, 0.05) is 12.6 Å². The van der Waals surface area contributed by atoms with E-state index in [0.29, 0.717) is 19.0 Å². The minimum Gasteiger partial charge on any atom is -0.480 e. The zero-order chi connectivity index (χ0) is 9.47. The van der Waals surface area contributed by atoms with Crippen LogP contribution in [0.2, 0.25) is 0 Å². The van der Waals surface area contributed by atoms with E-state index in [0.717, 1.165) is 13.0 Å². The summed E-state index contributed by atoms with van der Waals surface area (Å²) in [6.45, 7) is 1.56. The summed E-state index contributed by atoms with van der Waals surface area (Å²) < 4.78 is 0. The Morgan fingerprint density at radius 3 is 2.92 bits per heavy atom. The Morgan fingerprint density at radius 2 is 2.31 bits per heavy atom. The van der Waals surface area contributed by atoms with E-state index in [1.54, 1.807) is 0 Å². The molecule has 2 atom stereocenters. The summed E-state index contributed by atoms with van der Waals surface area (Å²) in [4.78, 5) is 13.1. The van der Waals surface area contributed by atoms with Crippen molar-refractivity contribution in [3.8, 4) is 0 Å². The molecular weight excluding hydrogens is 168 g/mol. The summed E-state index contributed by atoms with van der Waals surface area (Å²) in [5, 5.41) is 8.97. The normalized spacial score (nSPS) is 40.2. The molecule has 2 rings (SSSR count). The van der Waals surface area contributed by atoms with Crippen LogP contribution in [0.1, 0.15) is 25.7 Å². The molecule has 0 radical (unpaired) electrons. The minimum absolute atomic E-state index is 0.426. The third kappa shape index (κ3) is 1.44. The summed E-state index contributed by atoms with van der Waals surface area (Å²) in [5.74, 6) is -0.845. The Labute approximate surface area is 77.7 Å². The molecule has 0 aromatic carbocycles. The van der Waals surface area contributed by atoms with E-state index < -0.39 is 11.5 Å². The second kappa shape index (κ2) is 2.96. The van der Waals surface area contributed by atoms with Gasteiger partial charge in [-0.25, -0.2) is 0 Å².